The van der Waals surface area contributed by atoms with Crippen molar-refractivity contribution >= 4 is 11.2 Å². The standard InChI is InChI=1S/C12H9N3O/c1-8-2-3-10-11(14-8)15-12(16-10)9-4-6-13-7-5-9/h2-7H,1H3. The summed E-state index contributed by atoms with van der Waals surface area (Å²) in [6.07, 6.45) is 3.42. The van der Waals surface area contributed by atoms with Gasteiger partial charge in [-0.3, -0.25) is 4.98 Å². The molecule has 0 atom stereocenters. The van der Waals surface area contributed by atoms with Crippen molar-refractivity contribution < 1.29 is 4.42 Å². The Morgan fingerprint density at radius 1 is 1.00 bits per heavy atom. The quantitative estimate of drug-likeness (QED) is 0.620. The molecule has 0 spiro atoms. The molecule has 0 unspecified atom stereocenters. The van der Waals surface area contributed by atoms with Crippen LogP contribution < -0.4 is 0 Å². The minimum absolute atomic E-state index is 0.579. The second kappa shape index (κ2) is 3.41. The predicted molar refractivity (Wildman–Crippen MR) is 59.8 cm³/mol. The maximum absolute atomic E-state index is 5.61. The number of hydrogen-bond acceptors (Lipinski definition) is 4. The first-order valence-electron chi connectivity index (χ1n) is 4.97. The van der Waals surface area contributed by atoms with Crippen molar-refractivity contribution in [2.24, 2.45) is 0 Å². The van der Waals surface area contributed by atoms with Crippen molar-refractivity contribution in [1.29, 1.82) is 0 Å². The predicted octanol–water partition coefficient (Wildman–Crippen LogP) is 2.59. The van der Waals surface area contributed by atoms with E-state index in [9.17, 15) is 0 Å². The third-order valence-corrected chi connectivity index (χ3v) is 2.32. The Hall–Kier alpha value is -2.23. The second-order valence-electron chi connectivity index (χ2n) is 3.53. The van der Waals surface area contributed by atoms with E-state index in [1.165, 1.54) is 0 Å². The summed E-state index contributed by atoms with van der Waals surface area (Å²) in [6, 6.07) is 7.51. The van der Waals surface area contributed by atoms with Crippen molar-refractivity contribution in [3.05, 3.63) is 42.4 Å². The molecule has 3 aromatic rings. The number of aryl methyl sites for hydroxylation is 1. The van der Waals surface area contributed by atoms with Crippen LogP contribution in [-0.2, 0) is 0 Å². The molecule has 0 aliphatic rings. The lowest BCUT2D eigenvalue weighted by Gasteiger charge is -1.90. The number of pyridine rings is 2. The average Bonchev–Trinajstić information content (AvgIpc) is 2.73. The van der Waals surface area contributed by atoms with Crippen LogP contribution in [0.4, 0.5) is 0 Å². The molecule has 0 aromatic carbocycles. The monoisotopic (exact) mass is 211 g/mol. The first-order chi connectivity index (χ1) is 7.83. The minimum atomic E-state index is 0.579. The lowest BCUT2D eigenvalue weighted by Crippen LogP contribution is -1.81. The molecular weight excluding hydrogens is 202 g/mol. The lowest BCUT2D eigenvalue weighted by atomic mass is 10.3. The fourth-order valence-corrected chi connectivity index (χ4v) is 1.53. The van der Waals surface area contributed by atoms with Gasteiger partial charge >= 0.3 is 0 Å². The zero-order valence-electron chi connectivity index (χ0n) is 8.71. The number of fused-ring (bicyclic) bond motifs is 1. The van der Waals surface area contributed by atoms with Gasteiger partial charge in [0.25, 0.3) is 0 Å². The van der Waals surface area contributed by atoms with Gasteiger partial charge in [0.15, 0.2) is 11.2 Å². The molecular formula is C12H9N3O. The number of aromatic nitrogens is 3. The van der Waals surface area contributed by atoms with E-state index in [1.54, 1.807) is 12.4 Å². The van der Waals surface area contributed by atoms with Gasteiger partial charge in [-0.25, -0.2) is 4.98 Å². The molecule has 4 heteroatoms. The Morgan fingerprint density at radius 3 is 2.62 bits per heavy atom. The van der Waals surface area contributed by atoms with E-state index in [2.05, 4.69) is 15.0 Å². The fraction of sp³-hybridized carbons (Fsp3) is 0.0833. The van der Waals surface area contributed by atoms with Crippen LogP contribution >= 0.6 is 0 Å². The third-order valence-electron chi connectivity index (χ3n) is 2.32. The zero-order valence-corrected chi connectivity index (χ0v) is 8.71. The second-order valence-corrected chi connectivity index (χ2v) is 3.53. The number of nitrogens with zero attached hydrogens (tertiary/aromatic N) is 3. The largest absolute Gasteiger partial charge is 0.434 e. The fourth-order valence-electron chi connectivity index (χ4n) is 1.53. The summed E-state index contributed by atoms with van der Waals surface area (Å²) < 4.78 is 5.61. The number of oxazole rings is 1. The van der Waals surface area contributed by atoms with E-state index in [0.29, 0.717) is 17.1 Å². The van der Waals surface area contributed by atoms with E-state index in [1.807, 2.05) is 31.2 Å². The van der Waals surface area contributed by atoms with Crippen LogP contribution in [-0.4, -0.2) is 15.0 Å². The van der Waals surface area contributed by atoms with E-state index in [-0.39, 0.29) is 0 Å². The van der Waals surface area contributed by atoms with Crippen LogP contribution in [0.25, 0.3) is 22.7 Å². The molecule has 0 saturated heterocycles. The Labute approximate surface area is 92.0 Å². The molecule has 4 nitrogen and oxygen atoms in total. The van der Waals surface area contributed by atoms with Gasteiger partial charge in [0.2, 0.25) is 5.89 Å². The smallest absolute Gasteiger partial charge is 0.228 e. The highest BCUT2D eigenvalue weighted by atomic mass is 16.3. The topological polar surface area (TPSA) is 51.8 Å². The van der Waals surface area contributed by atoms with Gasteiger partial charge in [-0.1, -0.05) is 0 Å². The maximum atomic E-state index is 5.61. The average molecular weight is 211 g/mol. The van der Waals surface area contributed by atoms with E-state index in [4.69, 9.17) is 4.42 Å². The molecule has 78 valence electrons. The van der Waals surface area contributed by atoms with Crippen LogP contribution in [0.3, 0.4) is 0 Å². The molecule has 0 fully saturated rings. The summed E-state index contributed by atoms with van der Waals surface area (Å²) in [5.74, 6) is 0.579. The van der Waals surface area contributed by atoms with Gasteiger partial charge in [0.05, 0.1) is 0 Å². The molecule has 3 aromatic heterocycles. The maximum Gasteiger partial charge on any atom is 0.228 e. The highest BCUT2D eigenvalue weighted by molar-refractivity contribution is 5.72. The molecule has 0 amide bonds. The molecule has 16 heavy (non-hydrogen) atoms. The summed E-state index contributed by atoms with van der Waals surface area (Å²) in [5, 5.41) is 0. The SMILES string of the molecule is Cc1ccc2oc(-c3ccncc3)nc2n1. The number of hydrogen-bond donors (Lipinski definition) is 0. The Kier molecular flexibility index (Phi) is 1.93. The summed E-state index contributed by atoms with van der Waals surface area (Å²) in [6.45, 7) is 1.93. The van der Waals surface area contributed by atoms with Gasteiger partial charge < -0.3 is 4.42 Å². The van der Waals surface area contributed by atoms with E-state index in [0.717, 1.165) is 11.3 Å². The molecule has 0 bridgehead atoms. The Bertz CT molecular complexity index is 631. The van der Waals surface area contributed by atoms with Crippen molar-refractivity contribution in [1.82, 2.24) is 15.0 Å². The molecule has 0 aliphatic carbocycles. The Morgan fingerprint density at radius 2 is 1.81 bits per heavy atom. The van der Waals surface area contributed by atoms with Crippen LogP contribution in [0.2, 0.25) is 0 Å². The summed E-state index contributed by atoms with van der Waals surface area (Å²) in [5.41, 5.74) is 3.19. The Balaban J connectivity index is 2.19. The van der Waals surface area contributed by atoms with Gasteiger partial charge in [0.1, 0.15) is 0 Å². The van der Waals surface area contributed by atoms with Crippen molar-refractivity contribution in [2.75, 3.05) is 0 Å². The summed E-state index contributed by atoms with van der Waals surface area (Å²) in [7, 11) is 0. The van der Waals surface area contributed by atoms with E-state index >= 15 is 0 Å². The van der Waals surface area contributed by atoms with Crippen LogP contribution in [0.15, 0.2) is 41.1 Å². The van der Waals surface area contributed by atoms with Crippen LogP contribution in [0, 0.1) is 6.92 Å². The highest BCUT2D eigenvalue weighted by Gasteiger charge is 2.08. The highest BCUT2D eigenvalue weighted by Crippen LogP contribution is 2.22. The minimum Gasteiger partial charge on any atom is -0.434 e. The summed E-state index contributed by atoms with van der Waals surface area (Å²) in [4.78, 5) is 12.6. The normalized spacial score (nSPS) is 10.8. The molecule has 0 N–H and O–H groups in total. The first-order valence-corrected chi connectivity index (χ1v) is 4.97. The van der Waals surface area contributed by atoms with Gasteiger partial charge in [0, 0.05) is 23.7 Å². The van der Waals surface area contributed by atoms with Crippen molar-refractivity contribution in [3.8, 4) is 11.5 Å². The zero-order chi connectivity index (χ0) is 11.0. The lowest BCUT2D eigenvalue weighted by molar-refractivity contribution is 0.619. The van der Waals surface area contributed by atoms with Crippen LogP contribution in [0.5, 0.6) is 0 Å². The third kappa shape index (κ3) is 1.44. The molecule has 0 saturated carbocycles. The molecule has 0 aliphatic heterocycles. The van der Waals surface area contributed by atoms with E-state index < -0.39 is 0 Å². The van der Waals surface area contributed by atoms with Gasteiger partial charge in [-0.15, -0.1) is 0 Å². The molecule has 3 heterocycles. The van der Waals surface area contributed by atoms with Crippen molar-refractivity contribution in [3.63, 3.8) is 0 Å². The van der Waals surface area contributed by atoms with Crippen LogP contribution in [0.1, 0.15) is 5.69 Å². The molecule has 3 rings (SSSR count). The van der Waals surface area contributed by atoms with Gasteiger partial charge in [-0.2, -0.15) is 4.98 Å². The summed E-state index contributed by atoms with van der Waals surface area (Å²) >= 11 is 0. The van der Waals surface area contributed by atoms with Gasteiger partial charge in [-0.05, 0) is 31.2 Å². The first kappa shape index (κ1) is 9.03. The molecule has 0 radical (unpaired) electrons. The number of rotatable bonds is 1. The van der Waals surface area contributed by atoms with Crippen molar-refractivity contribution in [2.45, 2.75) is 6.92 Å².